The lowest BCUT2D eigenvalue weighted by Crippen LogP contribution is -2.60. The molecule has 0 radical (unpaired) electrons. The molecule has 13 nitrogen and oxygen atoms in total. The fourth-order valence-electron chi connectivity index (χ4n) is 5.49. The number of anilines is 2. The zero-order chi connectivity index (χ0) is 32.5. The van der Waals surface area contributed by atoms with Gasteiger partial charge in [-0.2, -0.15) is 4.68 Å². The molecule has 45 heavy (non-hydrogen) atoms. The van der Waals surface area contributed by atoms with Gasteiger partial charge in [-0.1, -0.05) is 23.7 Å². The van der Waals surface area contributed by atoms with Gasteiger partial charge in [-0.25, -0.2) is 4.79 Å². The molecule has 3 amide bonds. The Kier molecular flexibility index (Phi) is 9.21. The van der Waals surface area contributed by atoms with Gasteiger partial charge in [-0.05, 0) is 80.9 Å². The van der Waals surface area contributed by atoms with E-state index in [4.69, 9.17) is 16.3 Å². The summed E-state index contributed by atoms with van der Waals surface area (Å²) < 4.78 is 7.08. The van der Waals surface area contributed by atoms with Crippen molar-refractivity contribution in [3.8, 4) is 5.69 Å². The number of nitrogens with zero attached hydrogens (tertiary/aromatic N) is 8. The molecular weight excluding hydrogens is 600 g/mol. The number of carbonyl (C=O) groups is 4. The number of benzene rings is 2. The summed E-state index contributed by atoms with van der Waals surface area (Å²) in [5.41, 5.74) is 1.53. The third kappa shape index (κ3) is 7.15. The first-order chi connectivity index (χ1) is 21.3. The SMILES string of the molecule is CC(C)N1CCN(c2ccc(CC(C(=O)OC(C)(C)C)N3CCN(c4cc(Cl)ccc4-n4cnnn4)C(=O)C3=O)cc2)C(=O)C1. The second-order valence-corrected chi connectivity index (χ2v) is 12.8. The molecule has 3 aromatic rings. The number of ether oxygens (including phenoxy) is 1. The van der Waals surface area contributed by atoms with Gasteiger partial charge in [-0.3, -0.25) is 19.3 Å². The van der Waals surface area contributed by atoms with Gasteiger partial charge in [0.2, 0.25) is 5.91 Å². The Morgan fingerprint density at radius 1 is 0.933 bits per heavy atom. The molecule has 2 fully saturated rings. The Bertz CT molecular complexity index is 1570. The monoisotopic (exact) mass is 636 g/mol. The Balaban J connectivity index is 1.37. The quantitative estimate of drug-likeness (QED) is 0.270. The highest BCUT2D eigenvalue weighted by Gasteiger charge is 2.42. The van der Waals surface area contributed by atoms with Crippen LogP contribution in [0.25, 0.3) is 5.69 Å². The van der Waals surface area contributed by atoms with E-state index in [1.54, 1.807) is 43.9 Å². The number of carbonyl (C=O) groups excluding carboxylic acids is 4. The molecule has 0 bridgehead atoms. The Morgan fingerprint density at radius 2 is 1.64 bits per heavy atom. The first-order valence-corrected chi connectivity index (χ1v) is 15.2. The van der Waals surface area contributed by atoms with Gasteiger partial charge >= 0.3 is 17.8 Å². The predicted octanol–water partition coefficient (Wildman–Crippen LogP) is 2.50. The summed E-state index contributed by atoms with van der Waals surface area (Å²) in [5, 5.41) is 11.6. The summed E-state index contributed by atoms with van der Waals surface area (Å²) in [5.74, 6) is -2.25. The highest BCUT2D eigenvalue weighted by atomic mass is 35.5. The molecule has 0 aliphatic carbocycles. The zero-order valence-corrected chi connectivity index (χ0v) is 26.8. The molecular formula is C31H37ClN8O5. The van der Waals surface area contributed by atoms with E-state index in [2.05, 4.69) is 34.3 Å². The second kappa shape index (κ2) is 12.9. The molecule has 14 heteroatoms. The molecule has 2 aliphatic rings. The predicted molar refractivity (Wildman–Crippen MR) is 167 cm³/mol. The van der Waals surface area contributed by atoms with E-state index in [1.165, 1.54) is 20.8 Å². The van der Waals surface area contributed by atoms with Crippen LogP contribution in [0.2, 0.25) is 5.02 Å². The van der Waals surface area contributed by atoms with E-state index >= 15 is 0 Å². The van der Waals surface area contributed by atoms with Gasteiger partial charge in [0.25, 0.3) is 0 Å². The van der Waals surface area contributed by atoms with E-state index in [-0.39, 0.29) is 25.4 Å². The van der Waals surface area contributed by atoms with Crippen LogP contribution in [-0.2, 0) is 30.3 Å². The van der Waals surface area contributed by atoms with Gasteiger partial charge in [-0.15, -0.1) is 5.10 Å². The number of piperazine rings is 2. The summed E-state index contributed by atoms with van der Waals surface area (Å²) in [4.78, 5) is 60.1. The number of amides is 3. The van der Waals surface area contributed by atoms with Crippen molar-refractivity contribution in [3.05, 3.63) is 59.4 Å². The number of rotatable bonds is 8. The number of esters is 1. The molecule has 2 aromatic carbocycles. The van der Waals surface area contributed by atoms with Crippen molar-refractivity contribution in [2.24, 2.45) is 0 Å². The topological polar surface area (TPSA) is 134 Å². The number of aromatic nitrogens is 4. The molecule has 3 heterocycles. The van der Waals surface area contributed by atoms with Gasteiger partial charge in [0.05, 0.1) is 17.9 Å². The van der Waals surface area contributed by atoms with Gasteiger partial charge < -0.3 is 19.4 Å². The minimum atomic E-state index is -1.05. The number of hydrogen-bond acceptors (Lipinski definition) is 9. The van der Waals surface area contributed by atoms with Crippen LogP contribution in [0.1, 0.15) is 40.2 Å². The maximum absolute atomic E-state index is 13.7. The summed E-state index contributed by atoms with van der Waals surface area (Å²) in [6, 6.07) is 11.5. The fourth-order valence-corrected chi connectivity index (χ4v) is 5.65. The average molecular weight is 637 g/mol. The molecule has 238 valence electrons. The maximum Gasteiger partial charge on any atom is 0.329 e. The van der Waals surface area contributed by atoms with Crippen LogP contribution in [0, 0.1) is 0 Å². The van der Waals surface area contributed by atoms with Crippen LogP contribution < -0.4 is 9.80 Å². The first kappa shape index (κ1) is 32.0. The van der Waals surface area contributed by atoms with Gasteiger partial charge in [0, 0.05) is 49.4 Å². The van der Waals surface area contributed by atoms with Gasteiger partial charge in [0.1, 0.15) is 18.0 Å². The van der Waals surface area contributed by atoms with E-state index in [1.807, 2.05) is 24.3 Å². The number of tetrazole rings is 1. The molecule has 2 saturated heterocycles. The second-order valence-electron chi connectivity index (χ2n) is 12.4. The molecule has 0 saturated carbocycles. The average Bonchev–Trinajstić information content (AvgIpc) is 3.52. The van der Waals surface area contributed by atoms with E-state index < -0.39 is 29.4 Å². The summed E-state index contributed by atoms with van der Waals surface area (Å²) in [6.45, 7) is 11.3. The number of halogens is 1. The van der Waals surface area contributed by atoms with Crippen LogP contribution in [0.4, 0.5) is 11.4 Å². The molecule has 5 rings (SSSR count). The highest BCUT2D eigenvalue weighted by molar-refractivity contribution is 6.41. The minimum absolute atomic E-state index is 0.0271. The molecule has 1 unspecified atom stereocenters. The van der Waals surface area contributed by atoms with Gasteiger partial charge in [0.15, 0.2) is 0 Å². The van der Waals surface area contributed by atoms with E-state index in [9.17, 15) is 19.2 Å². The van der Waals surface area contributed by atoms with Crippen molar-refractivity contribution in [2.75, 3.05) is 42.5 Å². The van der Waals surface area contributed by atoms with Crippen LogP contribution in [-0.4, -0.2) is 104 Å². The van der Waals surface area contributed by atoms with Crippen molar-refractivity contribution in [1.82, 2.24) is 30.0 Å². The Hall–Kier alpha value is -4.36. The maximum atomic E-state index is 13.7. The first-order valence-electron chi connectivity index (χ1n) is 14.8. The van der Waals surface area contributed by atoms with Crippen LogP contribution in [0.15, 0.2) is 48.8 Å². The van der Waals surface area contributed by atoms with E-state index in [0.717, 1.165) is 17.8 Å². The largest absolute Gasteiger partial charge is 0.458 e. The molecule has 1 aromatic heterocycles. The van der Waals surface area contributed by atoms with Crippen molar-refractivity contribution >= 4 is 46.7 Å². The Morgan fingerprint density at radius 3 is 2.27 bits per heavy atom. The summed E-state index contributed by atoms with van der Waals surface area (Å²) in [7, 11) is 0. The van der Waals surface area contributed by atoms with Crippen LogP contribution >= 0.6 is 11.6 Å². The number of hydrogen-bond donors (Lipinski definition) is 0. The molecule has 2 aliphatic heterocycles. The summed E-state index contributed by atoms with van der Waals surface area (Å²) in [6.07, 6.45) is 1.50. The highest BCUT2D eigenvalue weighted by Crippen LogP contribution is 2.30. The lowest BCUT2D eigenvalue weighted by molar-refractivity contribution is -0.166. The van der Waals surface area contributed by atoms with Crippen LogP contribution in [0.5, 0.6) is 0 Å². The lowest BCUT2D eigenvalue weighted by Gasteiger charge is -2.38. The van der Waals surface area contributed by atoms with E-state index in [0.29, 0.717) is 35.5 Å². The van der Waals surface area contributed by atoms with Crippen LogP contribution in [0.3, 0.4) is 0 Å². The third-order valence-corrected chi connectivity index (χ3v) is 8.03. The van der Waals surface area contributed by atoms with Crippen molar-refractivity contribution < 1.29 is 23.9 Å². The lowest BCUT2D eigenvalue weighted by atomic mass is 10.0. The molecule has 0 N–H and O–H groups in total. The Labute approximate surface area is 266 Å². The van der Waals surface area contributed by atoms with Crippen molar-refractivity contribution in [2.45, 2.75) is 58.7 Å². The normalized spacial score (nSPS) is 17.3. The minimum Gasteiger partial charge on any atom is -0.458 e. The van der Waals surface area contributed by atoms with Crippen molar-refractivity contribution in [1.29, 1.82) is 0 Å². The third-order valence-electron chi connectivity index (χ3n) is 7.79. The standard InChI is InChI=1S/C31H37ClN8O5/c1-20(2)36-12-13-37(27(41)18-36)23-9-6-21(7-10-23)16-26(30(44)45-31(3,4)5)39-15-14-38(28(42)29(39)43)25-17-22(32)8-11-24(25)40-19-33-34-35-40/h6-11,17,19-20,26H,12-16,18H2,1-5H3. The zero-order valence-electron chi connectivity index (χ0n) is 26.0. The smallest absolute Gasteiger partial charge is 0.329 e. The molecule has 1 atom stereocenters. The molecule has 0 spiro atoms. The van der Waals surface area contributed by atoms with Crippen molar-refractivity contribution in [3.63, 3.8) is 0 Å². The summed E-state index contributed by atoms with van der Waals surface area (Å²) >= 11 is 6.26. The fraction of sp³-hybridized carbons (Fsp3) is 0.452.